The fourth-order valence-corrected chi connectivity index (χ4v) is 3.27. The van der Waals surface area contributed by atoms with E-state index >= 15 is 0 Å². The van der Waals surface area contributed by atoms with Crippen LogP contribution in [0.2, 0.25) is 0 Å². The molecule has 0 spiro atoms. The van der Waals surface area contributed by atoms with Crippen molar-refractivity contribution in [1.82, 2.24) is 4.72 Å². The molecule has 118 valence electrons. The third-order valence-electron chi connectivity index (χ3n) is 2.50. The highest BCUT2D eigenvalue weighted by Gasteiger charge is 2.26. The summed E-state index contributed by atoms with van der Waals surface area (Å²) in [7, 11) is -5.96. The maximum atomic E-state index is 12.0. The molecule has 1 aromatic carbocycles. The molecule has 0 bridgehead atoms. The average Bonchev–Trinajstić information content (AvgIpc) is 2.36. The summed E-state index contributed by atoms with van der Waals surface area (Å²) >= 11 is 0. The Labute approximate surface area is 122 Å². The summed E-state index contributed by atoms with van der Waals surface area (Å²) in [5, 5.41) is 13.6. The lowest BCUT2D eigenvalue weighted by molar-refractivity contribution is -0.387. The Hall–Kier alpha value is -1.72. The number of hydrogen-bond donors (Lipinski definition) is 2. The van der Waals surface area contributed by atoms with Gasteiger partial charge >= 0.3 is 0 Å². The molecule has 0 fully saturated rings. The Morgan fingerprint density at radius 3 is 2.33 bits per heavy atom. The zero-order valence-electron chi connectivity index (χ0n) is 11.4. The average molecular weight is 337 g/mol. The third kappa shape index (κ3) is 4.95. The van der Waals surface area contributed by atoms with Crippen molar-refractivity contribution in [3.05, 3.63) is 28.3 Å². The molecule has 9 nitrogen and oxygen atoms in total. The highest BCUT2D eigenvalue weighted by molar-refractivity contribution is 7.91. The quantitative estimate of drug-likeness (QED) is 0.526. The van der Waals surface area contributed by atoms with Gasteiger partial charge in [-0.15, -0.1) is 0 Å². The molecule has 0 aliphatic heterocycles. The highest BCUT2D eigenvalue weighted by atomic mass is 32.2. The van der Waals surface area contributed by atoms with Crippen molar-refractivity contribution in [3.8, 4) is 0 Å². The second-order valence-corrected chi connectivity index (χ2v) is 8.21. The number of nitro groups is 1. The van der Waals surface area contributed by atoms with Gasteiger partial charge in [-0.1, -0.05) is 0 Å². The molecule has 0 radical (unpaired) electrons. The number of nitrogens with one attached hydrogen (secondary N) is 2. The van der Waals surface area contributed by atoms with Crippen molar-refractivity contribution in [2.45, 2.75) is 4.90 Å². The molecule has 0 atom stereocenters. The minimum atomic E-state index is -4.17. The van der Waals surface area contributed by atoms with E-state index in [0.717, 1.165) is 18.4 Å². The summed E-state index contributed by atoms with van der Waals surface area (Å²) in [5.41, 5.74) is -0.203. The van der Waals surface area contributed by atoms with Crippen LogP contribution in [0.4, 0.5) is 11.4 Å². The van der Waals surface area contributed by atoms with Gasteiger partial charge in [0.05, 0.1) is 10.7 Å². The number of nitro benzene ring substituents is 1. The summed E-state index contributed by atoms with van der Waals surface area (Å²) in [5.74, 6) is -0.394. The van der Waals surface area contributed by atoms with E-state index < -0.39 is 41.1 Å². The van der Waals surface area contributed by atoms with Gasteiger partial charge < -0.3 is 5.32 Å². The van der Waals surface area contributed by atoms with E-state index in [2.05, 4.69) is 5.32 Å². The second-order valence-electron chi connectivity index (χ2n) is 4.22. The first-order valence-corrected chi connectivity index (χ1v) is 9.25. The smallest absolute Gasteiger partial charge is 0.291 e. The molecule has 0 unspecified atom stereocenters. The van der Waals surface area contributed by atoms with Gasteiger partial charge in [-0.2, -0.15) is 0 Å². The predicted molar refractivity (Wildman–Crippen MR) is 77.5 cm³/mol. The van der Waals surface area contributed by atoms with E-state index in [4.69, 9.17) is 0 Å². The van der Waals surface area contributed by atoms with E-state index in [1.54, 1.807) is 0 Å². The van der Waals surface area contributed by atoms with Gasteiger partial charge in [-0.25, -0.2) is 21.6 Å². The first-order chi connectivity index (χ1) is 9.57. The first-order valence-electron chi connectivity index (χ1n) is 5.70. The van der Waals surface area contributed by atoms with Crippen molar-refractivity contribution in [2.75, 3.05) is 30.9 Å². The van der Waals surface area contributed by atoms with Crippen LogP contribution in [-0.4, -0.2) is 47.4 Å². The van der Waals surface area contributed by atoms with Crippen LogP contribution in [0.1, 0.15) is 0 Å². The molecule has 0 saturated carbocycles. The highest BCUT2D eigenvalue weighted by Crippen LogP contribution is 2.26. The van der Waals surface area contributed by atoms with Crippen LogP contribution < -0.4 is 10.0 Å². The van der Waals surface area contributed by atoms with Gasteiger partial charge in [0.25, 0.3) is 5.69 Å². The Bertz CT molecular complexity index is 742. The van der Waals surface area contributed by atoms with Gasteiger partial charge in [-0.05, 0) is 12.1 Å². The Kier molecular flexibility index (Phi) is 5.25. The zero-order chi connectivity index (χ0) is 16.3. The summed E-state index contributed by atoms with van der Waals surface area (Å²) in [6.45, 7) is -0.355. The normalized spacial score (nSPS) is 12.1. The van der Waals surface area contributed by atoms with Crippen LogP contribution in [0.3, 0.4) is 0 Å². The van der Waals surface area contributed by atoms with Crippen molar-refractivity contribution in [2.24, 2.45) is 0 Å². The van der Waals surface area contributed by atoms with Crippen molar-refractivity contribution < 1.29 is 21.8 Å². The van der Waals surface area contributed by atoms with E-state index in [9.17, 15) is 26.9 Å². The van der Waals surface area contributed by atoms with E-state index in [1.165, 1.54) is 13.1 Å². The lowest BCUT2D eigenvalue weighted by Crippen LogP contribution is -2.29. The monoisotopic (exact) mass is 337 g/mol. The molecule has 0 saturated heterocycles. The largest absolute Gasteiger partial charge is 0.388 e. The van der Waals surface area contributed by atoms with Gasteiger partial charge in [0.2, 0.25) is 10.0 Å². The van der Waals surface area contributed by atoms with E-state index in [-0.39, 0.29) is 6.54 Å². The summed E-state index contributed by atoms with van der Waals surface area (Å²) in [4.78, 5) is 9.63. The Morgan fingerprint density at radius 2 is 1.86 bits per heavy atom. The van der Waals surface area contributed by atoms with Crippen molar-refractivity contribution >= 4 is 31.2 Å². The second kappa shape index (κ2) is 6.37. The molecular weight excluding hydrogens is 322 g/mol. The molecule has 0 aromatic heterocycles. The Balaban J connectivity index is 3.10. The number of nitrogens with zero attached hydrogens (tertiary/aromatic N) is 1. The molecule has 0 aliphatic carbocycles. The van der Waals surface area contributed by atoms with Gasteiger partial charge in [-0.3, -0.25) is 10.1 Å². The first kappa shape index (κ1) is 17.3. The number of rotatable bonds is 7. The van der Waals surface area contributed by atoms with E-state index in [1.807, 2.05) is 4.72 Å². The molecular formula is C10H15N3O6S2. The maximum absolute atomic E-state index is 12.0. The molecule has 0 amide bonds. The fraction of sp³-hybridized carbons (Fsp3) is 0.400. The minimum absolute atomic E-state index is 0.355. The molecule has 21 heavy (non-hydrogen) atoms. The number of benzene rings is 1. The van der Waals surface area contributed by atoms with Crippen LogP contribution in [0, 0.1) is 10.1 Å². The number of anilines is 1. The molecule has 2 N–H and O–H groups in total. The van der Waals surface area contributed by atoms with E-state index in [0.29, 0.717) is 5.69 Å². The van der Waals surface area contributed by atoms with Crippen molar-refractivity contribution in [1.29, 1.82) is 0 Å². The molecule has 11 heteroatoms. The zero-order valence-corrected chi connectivity index (χ0v) is 13.0. The molecule has 1 rings (SSSR count). The van der Waals surface area contributed by atoms with Crippen LogP contribution in [-0.2, 0) is 19.9 Å². The molecule has 1 aromatic rings. The Morgan fingerprint density at radius 1 is 1.24 bits per heavy atom. The molecule has 0 aliphatic rings. The van der Waals surface area contributed by atoms with Crippen LogP contribution in [0.25, 0.3) is 0 Å². The lowest BCUT2D eigenvalue weighted by atomic mass is 10.3. The summed E-state index contributed by atoms with van der Waals surface area (Å²) in [6, 6.07) is 3.55. The van der Waals surface area contributed by atoms with Gasteiger partial charge in [0, 0.05) is 31.6 Å². The lowest BCUT2D eigenvalue weighted by Gasteiger charge is -2.08. The number of sulfonamides is 1. The minimum Gasteiger partial charge on any atom is -0.388 e. The summed E-state index contributed by atoms with van der Waals surface area (Å²) < 4.78 is 48.0. The van der Waals surface area contributed by atoms with Crippen LogP contribution in [0.15, 0.2) is 23.1 Å². The van der Waals surface area contributed by atoms with Gasteiger partial charge in [0.15, 0.2) is 4.90 Å². The number of sulfone groups is 1. The van der Waals surface area contributed by atoms with Crippen LogP contribution in [0.5, 0.6) is 0 Å². The predicted octanol–water partition coefficient (Wildman–Crippen LogP) is -0.0406. The summed E-state index contributed by atoms with van der Waals surface area (Å²) in [6.07, 6.45) is 0.964. The van der Waals surface area contributed by atoms with Gasteiger partial charge in [0.1, 0.15) is 9.84 Å². The number of hydrogen-bond acceptors (Lipinski definition) is 7. The SMILES string of the molecule is CNc1ccc(S(=O)(=O)NCCS(C)(=O)=O)c([N+](=O)[O-])c1. The van der Waals surface area contributed by atoms with Crippen LogP contribution >= 0.6 is 0 Å². The fourth-order valence-electron chi connectivity index (χ4n) is 1.48. The third-order valence-corrected chi connectivity index (χ3v) is 4.95. The van der Waals surface area contributed by atoms with Crippen molar-refractivity contribution in [3.63, 3.8) is 0 Å². The maximum Gasteiger partial charge on any atom is 0.291 e. The molecule has 0 heterocycles. The standard InChI is InChI=1S/C10H15N3O6S2/c1-11-8-3-4-10(9(7-8)13(14)15)21(18,19)12-5-6-20(2,16)17/h3-4,7,11-12H,5-6H2,1-2H3. The topological polar surface area (TPSA) is 135 Å².